The smallest absolute Gasteiger partial charge is 0.374 e. The number of alkyl carbamates (subject to hydrolysis) is 1. The molecule has 0 bridgehead atoms. The first-order valence-electron chi connectivity index (χ1n) is 6.59. The molecule has 1 amide bonds. The molecule has 1 aliphatic heterocycles. The van der Waals surface area contributed by atoms with Gasteiger partial charge < -0.3 is 28.1 Å². The second kappa shape index (κ2) is 8.32. The number of carbonyl (C=O) groups is 2. The van der Waals surface area contributed by atoms with Crippen molar-refractivity contribution in [1.29, 1.82) is 0 Å². The monoisotopic (exact) mass is 307 g/mol. The average Bonchev–Trinajstić information content (AvgIpc) is 3.21. The summed E-state index contributed by atoms with van der Waals surface area (Å²) in [6, 6.07) is 0. The molecule has 0 radical (unpaired) electrons. The number of epoxide rings is 1. The maximum absolute atomic E-state index is 11.5. The zero-order valence-corrected chi connectivity index (χ0v) is 13.0. The second-order valence-electron chi connectivity index (χ2n) is 3.87. The van der Waals surface area contributed by atoms with Gasteiger partial charge in [-0.3, -0.25) is 0 Å². The van der Waals surface area contributed by atoms with Crippen LogP contribution in [0, 0.1) is 0 Å². The van der Waals surface area contributed by atoms with Crippen LogP contribution in [-0.4, -0.2) is 59.6 Å². The molecule has 8 nitrogen and oxygen atoms in total. The summed E-state index contributed by atoms with van der Waals surface area (Å²) in [4.78, 5) is 22.7. The third-order valence-corrected chi connectivity index (χ3v) is 5.13. The van der Waals surface area contributed by atoms with E-state index in [0.29, 0.717) is 26.4 Å². The summed E-state index contributed by atoms with van der Waals surface area (Å²) in [7, 11) is -2.98. The molecule has 0 aromatic heterocycles. The van der Waals surface area contributed by atoms with E-state index < -0.39 is 27.0 Å². The SMILES string of the molecule is CCO[Si](CNC(=O)OC(=O)C1CO1)(OCC)OCC. The Morgan fingerprint density at radius 1 is 1.15 bits per heavy atom. The Morgan fingerprint density at radius 2 is 1.65 bits per heavy atom. The van der Waals surface area contributed by atoms with Crippen molar-refractivity contribution in [3.05, 3.63) is 0 Å². The molecule has 1 heterocycles. The quantitative estimate of drug-likeness (QED) is 0.282. The predicted molar refractivity (Wildman–Crippen MR) is 69.9 cm³/mol. The van der Waals surface area contributed by atoms with Gasteiger partial charge in [-0.25, -0.2) is 9.59 Å². The van der Waals surface area contributed by atoms with Crippen LogP contribution in [0.4, 0.5) is 4.79 Å². The van der Waals surface area contributed by atoms with E-state index in [1.54, 1.807) is 0 Å². The lowest BCUT2D eigenvalue weighted by atomic mass is 10.5. The standard InChI is InChI=1S/C11H21NO7Si/c1-4-16-20(17-5-2,18-6-3)8-12-11(14)19-10(13)9-7-15-9/h9H,4-8H2,1-3H3,(H,12,14). The highest BCUT2D eigenvalue weighted by molar-refractivity contribution is 6.61. The van der Waals surface area contributed by atoms with Crippen LogP contribution in [0.2, 0.25) is 0 Å². The lowest BCUT2D eigenvalue weighted by molar-refractivity contribution is -0.138. The van der Waals surface area contributed by atoms with E-state index in [1.807, 2.05) is 20.8 Å². The molecule has 0 aliphatic carbocycles. The van der Waals surface area contributed by atoms with Gasteiger partial charge in [0, 0.05) is 19.8 Å². The Kier molecular flexibility index (Phi) is 7.09. The molecule has 1 N–H and O–H groups in total. The molecule has 0 saturated carbocycles. The highest BCUT2D eigenvalue weighted by Crippen LogP contribution is 2.11. The molecule has 116 valence electrons. The summed E-state index contributed by atoms with van der Waals surface area (Å²) in [6.07, 6.45) is -1.44. The van der Waals surface area contributed by atoms with Crippen molar-refractivity contribution in [2.75, 3.05) is 32.6 Å². The number of hydrogen-bond donors (Lipinski definition) is 1. The molecular formula is C11H21NO7Si. The summed E-state index contributed by atoms with van der Waals surface area (Å²) >= 11 is 0. The van der Waals surface area contributed by atoms with E-state index in [9.17, 15) is 9.59 Å². The van der Waals surface area contributed by atoms with Crippen LogP contribution >= 0.6 is 0 Å². The molecule has 1 unspecified atom stereocenters. The second-order valence-corrected chi connectivity index (χ2v) is 6.45. The number of carbonyl (C=O) groups excluding carboxylic acids is 2. The lowest BCUT2D eigenvalue weighted by Crippen LogP contribution is -2.55. The fourth-order valence-corrected chi connectivity index (χ4v) is 3.73. The Bertz CT molecular complexity index is 318. The Morgan fingerprint density at radius 3 is 2.05 bits per heavy atom. The molecular weight excluding hydrogens is 286 g/mol. The van der Waals surface area contributed by atoms with Gasteiger partial charge in [0.1, 0.15) is 0 Å². The van der Waals surface area contributed by atoms with E-state index >= 15 is 0 Å². The van der Waals surface area contributed by atoms with Crippen molar-refractivity contribution < 1.29 is 32.3 Å². The van der Waals surface area contributed by atoms with Crippen LogP contribution in [0.5, 0.6) is 0 Å². The normalized spacial score (nSPS) is 17.6. The van der Waals surface area contributed by atoms with Crippen LogP contribution in [0.3, 0.4) is 0 Å². The third-order valence-electron chi connectivity index (χ3n) is 2.33. The van der Waals surface area contributed by atoms with Crippen molar-refractivity contribution in [3.63, 3.8) is 0 Å². The van der Waals surface area contributed by atoms with E-state index in [0.717, 1.165) is 0 Å². The van der Waals surface area contributed by atoms with Crippen LogP contribution in [-0.2, 0) is 27.5 Å². The van der Waals surface area contributed by atoms with Gasteiger partial charge in [-0.05, 0) is 20.8 Å². The van der Waals surface area contributed by atoms with E-state index in [2.05, 4.69) is 10.1 Å². The van der Waals surface area contributed by atoms with Crippen LogP contribution in [0.25, 0.3) is 0 Å². The van der Waals surface area contributed by atoms with Gasteiger partial charge in [0.2, 0.25) is 0 Å². The molecule has 1 atom stereocenters. The highest BCUT2D eigenvalue weighted by Gasteiger charge is 2.42. The summed E-state index contributed by atoms with van der Waals surface area (Å²) in [6.45, 7) is 6.93. The Hall–Kier alpha value is -1.00. The molecule has 1 aliphatic rings. The van der Waals surface area contributed by atoms with Gasteiger partial charge in [-0.1, -0.05) is 0 Å². The first-order valence-corrected chi connectivity index (χ1v) is 8.53. The minimum Gasteiger partial charge on any atom is -0.374 e. The molecule has 1 rings (SSSR count). The Balaban J connectivity index is 2.46. The number of nitrogens with one attached hydrogen (secondary N) is 1. The number of esters is 1. The van der Waals surface area contributed by atoms with Crippen LogP contribution in [0.1, 0.15) is 20.8 Å². The zero-order chi connectivity index (χ0) is 15.0. The predicted octanol–water partition coefficient (Wildman–Crippen LogP) is 0.226. The fraction of sp³-hybridized carbons (Fsp3) is 0.818. The number of ether oxygens (including phenoxy) is 2. The number of amides is 1. The molecule has 1 saturated heterocycles. The van der Waals surface area contributed by atoms with Crippen LogP contribution < -0.4 is 5.32 Å². The van der Waals surface area contributed by atoms with Gasteiger partial charge in [0.25, 0.3) is 0 Å². The third kappa shape index (κ3) is 5.55. The number of hydrogen-bond acceptors (Lipinski definition) is 7. The van der Waals surface area contributed by atoms with Crippen molar-refractivity contribution in [3.8, 4) is 0 Å². The fourth-order valence-electron chi connectivity index (χ4n) is 1.50. The van der Waals surface area contributed by atoms with Crippen molar-refractivity contribution in [2.45, 2.75) is 26.9 Å². The van der Waals surface area contributed by atoms with Crippen molar-refractivity contribution in [1.82, 2.24) is 5.32 Å². The van der Waals surface area contributed by atoms with E-state index in [1.165, 1.54) is 0 Å². The first kappa shape index (κ1) is 17.0. The molecule has 9 heteroatoms. The average molecular weight is 307 g/mol. The van der Waals surface area contributed by atoms with Gasteiger partial charge in [-0.15, -0.1) is 0 Å². The number of rotatable bonds is 9. The minimum absolute atomic E-state index is 0.0418. The van der Waals surface area contributed by atoms with Gasteiger partial charge in [-0.2, -0.15) is 0 Å². The summed E-state index contributed by atoms with van der Waals surface area (Å²) in [5.74, 6) is -0.695. The lowest BCUT2D eigenvalue weighted by Gasteiger charge is -2.28. The molecule has 20 heavy (non-hydrogen) atoms. The van der Waals surface area contributed by atoms with Gasteiger partial charge in [0.05, 0.1) is 12.8 Å². The van der Waals surface area contributed by atoms with Crippen molar-refractivity contribution in [2.24, 2.45) is 0 Å². The Labute approximate surface area is 119 Å². The van der Waals surface area contributed by atoms with Crippen LogP contribution in [0.15, 0.2) is 0 Å². The molecule has 0 aromatic rings. The maximum atomic E-state index is 11.5. The summed E-state index contributed by atoms with van der Waals surface area (Å²) < 4.78 is 25.9. The van der Waals surface area contributed by atoms with E-state index in [-0.39, 0.29) is 6.17 Å². The summed E-state index contributed by atoms with van der Waals surface area (Å²) in [5, 5.41) is 2.44. The highest BCUT2D eigenvalue weighted by atomic mass is 28.4. The molecule has 0 aromatic carbocycles. The molecule has 0 spiro atoms. The minimum atomic E-state index is -2.98. The van der Waals surface area contributed by atoms with E-state index in [4.69, 9.17) is 18.0 Å². The molecule has 1 fully saturated rings. The van der Waals surface area contributed by atoms with Gasteiger partial charge in [0.15, 0.2) is 6.10 Å². The largest absolute Gasteiger partial charge is 0.521 e. The van der Waals surface area contributed by atoms with Crippen molar-refractivity contribution >= 4 is 20.9 Å². The topological polar surface area (TPSA) is 95.6 Å². The zero-order valence-electron chi connectivity index (χ0n) is 12.0. The maximum Gasteiger partial charge on any atom is 0.521 e. The first-order chi connectivity index (χ1) is 9.56. The van der Waals surface area contributed by atoms with Gasteiger partial charge >= 0.3 is 20.9 Å². The summed E-state index contributed by atoms with van der Waals surface area (Å²) in [5.41, 5.74) is 0.